The van der Waals surface area contributed by atoms with Gasteiger partial charge in [-0.2, -0.15) is 0 Å². The fourth-order valence-electron chi connectivity index (χ4n) is 4.51. The smallest absolute Gasteiger partial charge is 0.275 e. The summed E-state index contributed by atoms with van der Waals surface area (Å²) in [6.45, 7) is 4.38. The van der Waals surface area contributed by atoms with Crippen molar-refractivity contribution in [2.24, 2.45) is 11.1 Å². The summed E-state index contributed by atoms with van der Waals surface area (Å²) in [4.78, 5) is 21.1. The van der Waals surface area contributed by atoms with E-state index in [0.29, 0.717) is 5.69 Å². The third-order valence-electron chi connectivity index (χ3n) is 5.77. The number of nitrogens with one attached hydrogen (secondary N) is 1. The number of nitrogens with two attached hydrogens (primary N) is 1. The van der Waals surface area contributed by atoms with Crippen molar-refractivity contribution in [3.05, 3.63) is 58.9 Å². The van der Waals surface area contributed by atoms with Gasteiger partial charge in [-0.1, -0.05) is 13.8 Å². The van der Waals surface area contributed by atoms with E-state index < -0.39 is 28.9 Å². The molecular weight excluding hydrogens is 434 g/mol. The number of aromatic hydroxyl groups is 1. The number of anilines is 1. The van der Waals surface area contributed by atoms with Crippen molar-refractivity contribution in [2.45, 2.75) is 45.1 Å². The predicted octanol–water partition coefficient (Wildman–Crippen LogP) is 5.06. The first-order valence-electron chi connectivity index (χ1n) is 10.3. The molecule has 168 valence electrons. The molecule has 1 amide bonds. The van der Waals surface area contributed by atoms with Crippen LogP contribution in [-0.2, 0) is 0 Å². The first-order chi connectivity index (χ1) is 15.1. The number of hydrogen-bond donors (Lipinski definition) is 3. The molecule has 0 unspecified atom stereocenters. The second-order valence-electron chi connectivity index (χ2n) is 8.98. The lowest BCUT2D eigenvalue weighted by atomic mass is 9.68. The number of rotatable bonds is 4. The van der Waals surface area contributed by atoms with Gasteiger partial charge < -0.3 is 16.2 Å². The van der Waals surface area contributed by atoms with E-state index in [9.17, 15) is 18.7 Å². The Morgan fingerprint density at radius 3 is 2.81 bits per heavy atom. The molecule has 0 saturated heterocycles. The molecule has 6 nitrogen and oxygen atoms in total. The van der Waals surface area contributed by atoms with Crippen molar-refractivity contribution in [1.82, 2.24) is 9.97 Å². The van der Waals surface area contributed by atoms with Gasteiger partial charge in [0.15, 0.2) is 11.6 Å². The lowest BCUT2D eigenvalue weighted by molar-refractivity contribution is 0.102. The maximum absolute atomic E-state index is 14.2. The van der Waals surface area contributed by atoms with Crippen LogP contribution in [0, 0.1) is 17.0 Å². The summed E-state index contributed by atoms with van der Waals surface area (Å²) in [6, 6.07) is 3.84. The first-order valence-corrected chi connectivity index (χ1v) is 11.2. The van der Waals surface area contributed by atoms with Gasteiger partial charge in [-0.3, -0.25) is 9.78 Å². The number of amides is 1. The van der Waals surface area contributed by atoms with Gasteiger partial charge in [-0.05, 0) is 54.4 Å². The summed E-state index contributed by atoms with van der Waals surface area (Å²) in [5.41, 5.74) is 7.45. The zero-order valence-electron chi connectivity index (χ0n) is 17.7. The largest absolute Gasteiger partial charge is 0.505 e. The average molecular weight is 459 g/mol. The minimum absolute atomic E-state index is 0.0163. The molecule has 4 N–H and O–H groups in total. The van der Waals surface area contributed by atoms with E-state index >= 15 is 0 Å². The van der Waals surface area contributed by atoms with Crippen molar-refractivity contribution < 1.29 is 18.7 Å². The summed E-state index contributed by atoms with van der Waals surface area (Å²) in [5, 5.41) is 13.8. The van der Waals surface area contributed by atoms with Crippen molar-refractivity contribution in [3.63, 3.8) is 0 Å². The summed E-state index contributed by atoms with van der Waals surface area (Å²) >= 11 is 0.916. The monoisotopic (exact) mass is 458 g/mol. The Balaban J connectivity index is 1.59. The van der Waals surface area contributed by atoms with Gasteiger partial charge in [-0.15, -0.1) is 11.3 Å². The quantitative estimate of drug-likeness (QED) is 0.507. The second-order valence-corrected chi connectivity index (χ2v) is 9.83. The van der Waals surface area contributed by atoms with Crippen LogP contribution in [0.3, 0.4) is 0 Å². The van der Waals surface area contributed by atoms with Gasteiger partial charge >= 0.3 is 0 Å². The minimum atomic E-state index is -1.11. The zero-order chi connectivity index (χ0) is 23.0. The maximum atomic E-state index is 14.2. The van der Waals surface area contributed by atoms with Gasteiger partial charge in [0, 0.05) is 17.6 Å². The topological polar surface area (TPSA) is 101 Å². The molecule has 3 aromatic rings. The molecule has 0 radical (unpaired) electrons. The number of carbonyl (C=O) groups is 1. The molecule has 2 heterocycles. The van der Waals surface area contributed by atoms with Crippen LogP contribution < -0.4 is 11.1 Å². The van der Waals surface area contributed by atoms with Crippen molar-refractivity contribution >= 4 is 22.9 Å². The molecule has 4 rings (SSSR count). The fourth-order valence-corrected chi connectivity index (χ4v) is 5.35. The standard InChI is InChI=1S/C23H24F2N4O2S/c1-23(2)8-12(7-13(26)9-23)14-5-6-27-10-16(14)28-21(31)17-11-32-22(29-17)19-15(24)3-4-18(30)20(19)25/h3-6,10-13,30H,7-9,26H2,1-2H3,(H,28,31)/t12-,13+/m0/s1. The molecule has 0 spiro atoms. The van der Waals surface area contributed by atoms with E-state index in [1.165, 1.54) is 5.38 Å². The molecule has 1 fully saturated rings. The van der Waals surface area contributed by atoms with Gasteiger partial charge in [0.05, 0.1) is 17.4 Å². The lowest BCUT2D eigenvalue weighted by Crippen LogP contribution is -2.36. The molecule has 1 aliphatic carbocycles. The molecule has 2 aromatic heterocycles. The summed E-state index contributed by atoms with van der Waals surface area (Å²) in [6.07, 6.45) is 5.96. The third-order valence-corrected chi connectivity index (χ3v) is 6.63. The summed E-state index contributed by atoms with van der Waals surface area (Å²) in [7, 11) is 0. The van der Waals surface area contributed by atoms with Crippen LogP contribution in [0.4, 0.5) is 14.5 Å². The Kier molecular flexibility index (Phi) is 5.96. The van der Waals surface area contributed by atoms with Crippen LogP contribution in [-0.4, -0.2) is 27.0 Å². The number of carbonyl (C=O) groups excluding carboxylic acids is 1. The van der Waals surface area contributed by atoms with E-state index in [0.717, 1.165) is 48.3 Å². The molecule has 9 heteroatoms. The molecule has 1 aliphatic rings. The number of pyridine rings is 1. The van der Waals surface area contributed by atoms with Crippen LogP contribution >= 0.6 is 11.3 Å². The van der Waals surface area contributed by atoms with E-state index in [1.54, 1.807) is 12.4 Å². The molecular formula is C23H24F2N4O2S. The fraction of sp³-hybridized carbons (Fsp3) is 0.348. The van der Waals surface area contributed by atoms with Gasteiger partial charge in [0.1, 0.15) is 16.5 Å². The van der Waals surface area contributed by atoms with Crippen LogP contribution in [0.25, 0.3) is 10.6 Å². The summed E-state index contributed by atoms with van der Waals surface area (Å²) < 4.78 is 28.3. The number of hydrogen-bond acceptors (Lipinski definition) is 6. The highest BCUT2D eigenvalue weighted by Crippen LogP contribution is 2.44. The van der Waals surface area contributed by atoms with Gasteiger partial charge in [0.25, 0.3) is 5.91 Å². The van der Waals surface area contributed by atoms with Crippen LogP contribution in [0.1, 0.15) is 55.1 Å². The number of phenolic OH excluding ortho intramolecular Hbond substituents is 1. The lowest BCUT2D eigenvalue weighted by Gasteiger charge is -2.39. The highest BCUT2D eigenvalue weighted by molar-refractivity contribution is 7.13. The molecule has 1 aromatic carbocycles. The molecule has 2 atom stereocenters. The molecule has 0 aliphatic heterocycles. The maximum Gasteiger partial charge on any atom is 0.275 e. The normalized spacial score (nSPS) is 20.2. The van der Waals surface area contributed by atoms with Crippen molar-refractivity contribution in [2.75, 3.05) is 5.32 Å². The van der Waals surface area contributed by atoms with Crippen molar-refractivity contribution in [3.8, 4) is 16.3 Å². The van der Waals surface area contributed by atoms with E-state index in [2.05, 4.69) is 29.1 Å². The summed E-state index contributed by atoms with van der Waals surface area (Å²) in [5.74, 6) is -3.00. The molecule has 32 heavy (non-hydrogen) atoms. The Hall–Kier alpha value is -2.91. The van der Waals surface area contributed by atoms with E-state index in [1.807, 2.05) is 6.07 Å². The Bertz CT molecular complexity index is 1160. The van der Waals surface area contributed by atoms with E-state index in [-0.39, 0.29) is 28.1 Å². The number of nitrogens with zero attached hydrogens (tertiary/aromatic N) is 2. The number of aromatic nitrogens is 2. The molecule has 1 saturated carbocycles. The predicted molar refractivity (Wildman–Crippen MR) is 120 cm³/mol. The number of benzene rings is 1. The zero-order valence-corrected chi connectivity index (χ0v) is 18.5. The Morgan fingerprint density at radius 1 is 1.28 bits per heavy atom. The van der Waals surface area contributed by atoms with Crippen LogP contribution in [0.15, 0.2) is 36.0 Å². The third kappa shape index (κ3) is 4.49. The highest BCUT2D eigenvalue weighted by Gasteiger charge is 2.34. The highest BCUT2D eigenvalue weighted by atomic mass is 32.1. The average Bonchev–Trinajstić information content (AvgIpc) is 3.20. The number of phenols is 1. The SMILES string of the molecule is CC1(C)C[C@H](N)C[C@H](c2ccncc2NC(=O)c2csc(-c3c(F)ccc(O)c3F)n2)C1. The Labute approximate surface area is 188 Å². The van der Waals surface area contributed by atoms with E-state index in [4.69, 9.17) is 5.73 Å². The van der Waals surface area contributed by atoms with Crippen LogP contribution in [0.5, 0.6) is 5.75 Å². The molecule has 0 bridgehead atoms. The van der Waals surface area contributed by atoms with Gasteiger partial charge in [0.2, 0.25) is 0 Å². The number of thiazole rings is 1. The second kappa shape index (κ2) is 8.55. The van der Waals surface area contributed by atoms with Crippen molar-refractivity contribution in [1.29, 1.82) is 0 Å². The van der Waals surface area contributed by atoms with Crippen LogP contribution in [0.2, 0.25) is 0 Å². The van der Waals surface area contributed by atoms with Gasteiger partial charge in [-0.25, -0.2) is 13.8 Å². The minimum Gasteiger partial charge on any atom is -0.505 e. The number of halogens is 2. The Morgan fingerprint density at radius 2 is 2.06 bits per heavy atom. The first kappa shape index (κ1) is 22.3.